The maximum Gasteiger partial charge on any atom is 0.288 e. The van der Waals surface area contributed by atoms with E-state index in [1.807, 2.05) is 6.07 Å². The van der Waals surface area contributed by atoms with Gasteiger partial charge in [0, 0.05) is 25.5 Å². The predicted octanol–water partition coefficient (Wildman–Crippen LogP) is 0.856. The molecule has 13 nitrogen and oxygen atoms in total. The monoisotopic (exact) mass is 409 g/mol. The number of hydrogen-bond acceptors (Lipinski definition) is 12. The van der Waals surface area contributed by atoms with Gasteiger partial charge in [0.2, 0.25) is 0 Å². The predicted molar refractivity (Wildman–Crippen MR) is 106 cm³/mol. The Morgan fingerprint density at radius 2 is 1.77 bits per heavy atom. The molecule has 0 saturated carbocycles. The van der Waals surface area contributed by atoms with Crippen molar-refractivity contribution in [1.82, 2.24) is 29.7 Å². The molecular formula is C17H19N11O2. The highest BCUT2D eigenvalue weighted by Crippen LogP contribution is 2.29. The first-order chi connectivity index (χ1) is 14.7. The average Bonchev–Trinajstić information content (AvgIpc) is 3.16. The second kappa shape index (κ2) is 9.96. The van der Waals surface area contributed by atoms with E-state index in [0.717, 1.165) is 0 Å². The van der Waals surface area contributed by atoms with Crippen LogP contribution >= 0.6 is 0 Å². The van der Waals surface area contributed by atoms with E-state index in [9.17, 15) is 5.26 Å². The van der Waals surface area contributed by atoms with Crippen LogP contribution in [0.3, 0.4) is 0 Å². The molecule has 3 aromatic heterocycles. The van der Waals surface area contributed by atoms with Gasteiger partial charge in [-0.1, -0.05) is 0 Å². The molecule has 0 atom stereocenters. The number of nitriles is 1. The molecule has 0 amide bonds. The molecule has 0 saturated heterocycles. The number of nitrogens with zero attached hydrogens (tertiary/aromatic N) is 9. The Morgan fingerprint density at radius 1 is 1.07 bits per heavy atom. The number of aliphatic hydroxyl groups is 2. The third-order valence-electron chi connectivity index (χ3n) is 3.68. The number of pyridine rings is 1. The molecule has 0 bridgehead atoms. The number of aromatic nitrogens is 6. The van der Waals surface area contributed by atoms with Gasteiger partial charge in [-0.3, -0.25) is 0 Å². The van der Waals surface area contributed by atoms with Crippen LogP contribution in [0.15, 0.2) is 34.8 Å². The van der Waals surface area contributed by atoms with Gasteiger partial charge in [-0.15, -0.1) is 15.3 Å². The van der Waals surface area contributed by atoms with E-state index in [1.165, 1.54) is 10.7 Å². The average molecular weight is 409 g/mol. The topological polar surface area (TPSA) is 182 Å². The number of aliphatic hydroxyl groups excluding tert-OH is 2. The van der Waals surface area contributed by atoms with E-state index in [-0.39, 0.29) is 49.3 Å². The molecule has 0 aromatic carbocycles. The van der Waals surface area contributed by atoms with Crippen LogP contribution in [0.2, 0.25) is 0 Å². The first kappa shape index (κ1) is 20.7. The van der Waals surface area contributed by atoms with Crippen molar-refractivity contribution < 1.29 is 10.2 Å². The highest BCUT2D eigenvalue weighted by Gasteiger charge is 2.13. The van der Waals surface area contributed by atoms with Crippen molar-refractivity contribution in [2.45, 2.75) is 6.92 Å². The molecule has 0 aliphatic carbocycles. The van der Waals surface area contributed by atoms with E-state index in [1.54, 1.807) is 25.4 Å². The fourth-order valence-corrected chi connectivity index (χ4v) is 2.38. The summed E-state index contributed by atoms with van der Waals surface area (Å²) in [5, 5.41) is 45.6. The van der Waals surface area contributed by atoms with Gasteiger partial charge in [-0.25, -0.2) is 15.0 Å². The molecule has 0 spiro atoms. The zero-order valence-corrected chi connectivity index (χ0v) is 16.1. The lowest BCUT2D eigenvalue weighted by Crippen LogP contribution is -2.12. The van der Waals surface area contributed by atoms with Gasteiger partial charge in [-0.05, 0) is 19.1 Å². The van der Waals surface area contributed by atoms with E-state index in [4.69, 9.17) is 10.2 Å². The summed E-state index contributed by atoms with van der Waals surface area (Å²) in [6.07, 6.45) is 3.18. The summed E-state index contributed by atoms with van der Waals surface area (Å²) < 4.78 is 1.43. The first-order valence-electron chi connectivity index (χ1n) is 8.93. The van der Waals surface area contributed by atoms with Crippen molar-refractivity contribution >= 4 is 23.3 Å². The highest BCUT2D eigenvalue weighted by atomic mass is 16.3. The van der Waals surface area contributed by atoms with Crippen molar-refractivity contribution in [1.29, 1.82) is 5.26 Å². The fourth-order valence-electron chi connectivity index (χ4n) is 2.38. The van der Waals surface area contributed by atoms with Crippen LogP contribution in [0, 0.1) is 18.3 Å². The molecule has 3 aromatic rings. The lowest BCUT2D eigenvalue weighted by atomic mass is 10.2. The number of nitrogens with one attached hydrogen (secondary N) is 2. The molecule has 3 rings (SSSR count). The summed E-state index contributed by atoms with van der Waals surface area (Å²) in [7, 11) is 0. The molecule has 0 radical (unpaired) electrons. The van der Waals surface area contributed by atoms with Crippen molar-refractivity contribution in [2.75, 3.05) is 36.9 Å². The van der Waals surface area contributed by atoms with Crippen LogP contribution in [0.1, 0.15) is 11.4 Å². The Labute approximate surface area is 171 Å². The minimum absolute atomic E-state index is 0.0778. The number of hydrogen-bond donors (Lipinski definition) is 4. The second-order valence-electron chi connectivity index (χ2n) is 5.78. The fraction of sp³-hybridized carbons (Fsp3) is 0.294. The van der Waals surface area contributed by atoms with Gasteiger partial charge in [0.05, 0.1) is 18.8 Å². The Bertz CT molecular complexity index is 1060. The van der Waals surface area contributed by atoms with E-state index in [0.29, 0.717) is 17.6 Å². The Balaban J connectivity index is 1.93. The Hall–Kier alpha value is -4.02. The Kier molecular flexibility index (Phi) is 6.87. The molecular weight excluding hydrogens is 390 g/mol. The smallest absolute Gasteiger partial charge is 0.288 e. The van der Waals surface area contributed by atoms with E-state index in [2.05, 4.69) is 45.9 Å². The van der Waals surface area contributed by atoms with Crippen molar-refractivity contribution in [3.63, 3.8) is 0 Å². The quantitative estimate of drug-likeness (QED) is 0.370. The largest absolute Gasteiger partial charge is 0.395 e. The van der Waals surface area contributed by atoms with E-state index >= 15 is 0 Å². The molecule has 0 aliphatic heterocycles. The number of azo groups is 1. The molecule has 154 valence electrons. The van der Waals surface area contributed by atoms with Crippen LogP contribution in [-0.4, -0.2) is 66.2 Å². The van der Waals surface area contributed by atoms with Crippen molar-refractivity contribution in [3.8, 4) is 12.0 Å². The molecule has 0 fully saturated rings. The van der Waals surface area contributed by atoms with E-state index < -0.39 is 0 Å². The summed E-state index contributed by atoms with van der Waals surface area (Å²) in [5.74, 6) is 1.53. The molecule has 0 unspecified atom stereocenters. The van der Waals surface area contributed by atoms with Crippen molar-refractivity contribution in [3.05, 3.63) is 35.9 Å². The summed E-state index contributed by atoms with van der Waals surface area (Å²) in [4.78, 5) is 16.8. The first-order valence-corrected chi connectivity index (χ1v) is 8.93. The van der Waals surface area contributed by atoms with Gasteiger partial charge in [-0.2, -0.15) is 14.9 Å². The molecule has 13 heteroatoms. The zero-order valence-electron chi connectivity index (χ0n) is 16.1. The standard InChI is InChI=1S/C17H19N11O2/c1-11-23-16(27-28(11)17-21-3-2-4-22-17)26-25-13-9-12(10-18)14(19-5-7-29)24-15(13)20-6-8-30/h2-4,9,29-30H,5-8H2,1H3,(H2,19,20,24). The lowest BCUT2D eigenvalue weighted by Gasteiger charge is -2.11. The SMILES string of the molecule is Cc1nc(N=Nc2cc(C#N)c(NCCO)nc2NCCO)nn1-c1ncccn1. The molecule has 30 heavy (non-hydrogen) atoms. The molecule has 3 heterocycles. The summed E-state index contributed by atoms with van der Waals surface area (Å²) in [5.41, 5.74) is 0.485. The summed E-state index contributed by atoms with van der Waals surface area (Å²) in [6.45, 7) is 1.93. The molecule has 0 aliphatic rings. The minimum atomic E-state index is -0.125. The second-order valence-corrected chi connectivity index (χ2v) is 5.78. The number of aryl methyl sites for hydroxylation is 1. The maximum absolute atomic E-state index is 9.39. The maximum atomic E-state index is 9.39. The minimum Gasteiger partial charge on any atom is -0.395 e. The Morgan fingerprint density at radius 3 is 2.43 bits per heavy atom. The third-order valence-corrected chi connectivity index (χ3v) is 3.68. The summed E-state index contributed by atoms with van der Waals surface area (Å²) in [6, 6.07) is 5.20. The van der Waals surface area contributed by atoms with Gasteiger partial charge < -0.3 is 20.8 Å². The number of anilines is 2. The number of rotatable bonds is 9. The third kappa shape index (κ3) is 4.87. The normalized spacial score (nSPS) is 10.9. The summed E-state index contributed by atoms with van der Waals surface area (Å²) >= 11 is 0. The van der Waals surface area contributed by atoms with Crippen LogP contribution in [0.25, 0.3) is 5.95 Å². The van der Waals surface area contributed by atoms with Crippen molar-refractivity contribution in [2.24, 2.45) is 10.2 Å². The zero-order chi connectivity index (χ0) is 21.3. The van der Waals surface area contributed by atoms with Gasteiger partial charge in [0.1, 0.15) is 23.4 Å². The highest BCUT2D eigenvalue weighted by molar-refractivity contribution is 5.69. The van der Waals surface area contributed by atoms with Gasteiger partial charge >= 0.3 is 0 Å². The van der Waals surface area contributed by atoms with Gasteiger partial charge in [0.15, 0.2) is 5.82 Å². The van der Waals surface area contributed by atoms with Crippen LogP contribution in [0.5, 0.6) is 0 Å². The van der Waals surface area contributed by atoms with Crippen LogP contribution in [-0.2, 0) is 0 Å². The van der Waals surface area contributed by atoms with Gasteiger partial charge in [0.25, 0.3) is 11.9 Å². The molecule has 4 N–H and O–H groups in total. The van der Waals surface area contributed by atoms with Crippen LogP contribution < -0.4 is 10.6 Å². The van der Waals surface area contributed by atoms with Crippen LogP contribution in [0.4, 0.5) is 23.3 Å². The lowest BCUT2D eigenvalue weighted by molar-refractivity contribution is 0.311.